The smallest absolute Gasteiger partial charge is 0.331 e. The van der Waals surface area contributed by atoms with Crippen molar-refractivity contribution in [1.29, 1.82) is 5.26 Å². The number of benzene rings is 2. The van der Waals surface area contributed by atoms with Gasteiger partial charge in [0.15, 0.2) is 0 Å². The summed E-state index contributed by atoms with van der Waals surface area (Å²) in [5, 5.41) is 12.7. The van der Waals surface area contributed by atoms with Crippen molar-refractivity contribution < 1.29 is 14.4 Å². The van der Waals surface area contributed by atoms with Crippen LogP contribution in [0.2, 0.25) is 0 Å². The molecular weight excluding hydrogens is 416 g/mol. The number of imide groups is 2. The Kier molecular flexibility index (Phi) is 5.27. The molecular formula is C26H22N4O3. The van der Waals surface area contributed by atoms with Crippen molar-refractivity contribution in [3.8, 4) is 6.07 Å². The molecule has 7 nitrogen and oxygen atoms in total. The lowest BCUT2D eigenvalue weighted by atomic mass is 10.0. The predicted molar refractivity (Wildman–Crippen MR) is 123 cm³/mol. The van der Waals surface area contributed by atoms with E-state index in [1.54, 1.807) is 12.1 Å². The lowest BCUT2D eigenvalue weighted by Gasteiger charge is -2.31. The number of nitrogens with zero attached hydrogens (tertiary/aromatic N) is 3. The molecule has 33 heavy (non-hydrogen) atoms. The van der Waals surface area contributed by atoms with Crippen LogP contribution in [-0.4, -0.2) is 33.4 Å². The zero-order chi connectivity index (χ0) is 22.9. The van der Waals surface area contributed by atoms with Gasteiger partial charge in [-0.25, -0.2) is 4.79 Å². The van der Waals surface area contributed by atoms with Crippen LogP contribution < -0.4 is 5.32 Å². The molecule has 7 heteroatoms. The van der Waals surface area contributed by atoms with E-state index < -0.39 is 17.8 Å². The average molecular weight is 438 g/mol. The highest BCUT2D eigenvalue weighted by Crippen LogP contribution is 2.29. The van der Waals surface area contributed by atoms with Gasteiger partial charge in [0.05, 0.1) is 11.6 Å². The first kappa shape index (κ1) is 20.7. The van der Waals surface area contributed by atoms with Crippen LogP contribution in [0.3, 0.4) is 0 Å². The van der Waals surface area contributed by atoms with E-state index in [0.29, 0.717) is 17.7 Å². The summed E-state index contributed by atoms with van der Waals surface area (Å²) in [6.45, 7) is 0.472. The van der Waals surface area contributed by atoms with Crippen LogP contribution in [0.15, 0.2) is 60.3 Å². The van der Waals surface area contributed by atoms with Crippen LogP contribution >= 0.6 is 0 Å². The summed E-state index contributed by atoms with van der Waals surface area (Å²) in [5.74, 6) is -1.21. The first-order valence-corrected chi connectivity index (χ1v) is 11.0. The molecule has 0 spiro atoms. The predicted octanol–water partition coefficient (Wildman–Crippen LogP) is 3.97. The van der Waals surface area contributed by atoms with Gasteiger partial charge >= 0.3 is 6.03 Å². The minimum atomic E-state index is -0.675. The number of carbonyl (C=O) groups excluding carboxylic acids is 3. The highest BCUT2D eigenvalue weighted by atomic mass is 16.2. The summed E-state index contributed by atoms with van der Waals surface area (Å²) in [6, 6.07) is 16.5. The van der Waals surface area contributed by atoms with Gasteiger partial charge in [0.25, 0.3) is 11.8 Å². The number of hydrogen-bond donors (Lipinski definition) is 1. The van der Waals surface area contributed by atoms with Crippen LogP contribution in [0.4, 0.5) is 4.79 Å². The van der Waals surface area contributed by atoms with Gasteiger partial charge < -0.3 is 4.57 Å². The molecule has 0 bridgehead atoms. The molecule has 1 aromatic heterocycles. The summed E-state index contributed by atoms with van der Waals surface area (Å²) in [4.78, 5) is 39.4. The van der Waals surface area contributed by atoms with Gasteiger partial charge in [-0.05, 0) is 36.6 Å². The molecule has 2 aromatic carbocycles. The van der Waals surface area contributed by atoms with Crippen LogP contribution in [0, 0.1) is 11.3 Å². The largest absolute Gasteiger partial charge is 0.342 e. The molecule has 4 amide bonds. The van der Waals surface area contributed by atoms with E-state index in [1.807, 2.05) is 53.2 Å². The van der Waals surface area contributed by atoms with Crippen molar-refractivity contribution >= 4 is 34.8 Å². The number of hydrogen-bond acceptors (Lipinski definition) is 4. The van der Waals surface area contributed by atoms with Crippen molar-refractivity contribution in [2.75, 3.05) is 0 Å². The normalized spacial score (nSPS) is 18.2. The Morgan fingerprint density at radius 1 is 1.03 bits per heavy atom. The fourth-order valence-electron chi connectivity index (χ4n) is 4.79. The molecule has 164 valence electrons. The number of para-hydroxylation sites is 1. The second-order valence-electron chi connectivity index (χ2n) is 8.43. The maximum absolute atomic E-state index is 13.2. The van der Waals surface area contributed by atoms with Gasteiger partial charge in [0.2, 0.25) is 0 Å². The molecule has 2 aliphatic rings. The van der Waals surface area contributed by atoms with E-state index in [4.69, 9.17) is 0 Å². The number of aromatic nitrogens is 1. The number of amides is 4. The summed E-state index contributed by atoms with van der Waals surface area (Å²) < 4.78 is 2.00. The van der Waals surface area contributed by atoms with Gasteiger partial charge in [-0.3, -0.25) is 19.8 Å². The second-order valence-corrected chi connectivity index (χ2v) is 8.43. The quantitative estimate of drug-likeness (QED) is 0.493. The van der Waals surface area contributed by atoms with Crippen molar-refractivity contribution in [2.45, 2.75) is 38.3 Å². The Bertz CT molecular complexity index is 1360. The van der Waals surface area contributed by atoms with Crippen LogP contribution in [-0.2, 0) is 16.1 Å². The lowest BCUT2D eigenvalue weighted by Crippen LogP contribution is -2.57. The summed E-state index contributed by atoms with van der Waals surface area (Å²) in [6.07, 6.45) is 6.90. The molecule has 2 heterocycles. The van der Waals surface area contributed by atoms with E-state index >= 15 is 0 Å². The SMILES string of the molecule is N#Cc1ccccc1Cn1cc(/C=C2/C(=O)NC(=O)N(C3CCCC3)C2=O)c2ccccc21. The van der Waals surface area contributed by atoms with Gasteiger partial charge in [0.1, 0.15) is 5.57 Å². The second kappa shape index (κ2) is 8.40. The van der Waals surface area contributed by atoms with Gasteiger partial charge in [0, 0.05) is 35.2 Å². The number of carbonyl (C=O) groups is 3. The maximum atomic E-state index is 13.2. The zero-order valence-electron chi connectivity index (χ0n) is 18.0. The number of nitriles is 1. The third-order valence-corrected chi connectivity index (χ3v) is 6.42. The van der Waals surface area contributed by atoms with Gasteiger partial charge in [-0.15, -0.1) is 0 Å². The van der Waals surface area contributed by atoms with Crippen molar-refractivity contribution in [2.24, 2.45) is 0 Å². The molecule has 1 saturated carbocycles. The molecule has 3 aromatic rings. The Hall–Kier alpha value is -4.18. The number of urea groups is 1. The molecule has 1 aliphatic heterocycles. The van der Waals surface area contributed by atoms with E-state index in [1.165, 1.54) is 4.90 Å². The lowest BCUT2D eigenvalue weighted by molar-refractivity contribution is -0.131. The molecule has 5 rings (SSSR count). The molecule has 0 atom stereocenters. The van der Waals surface area contributed by atoms with E-state index in [0.717, 1.165) is 42.1 Å². The van der Waals surface area contributed by atoms with Crippen molar-refractivity contribution in [3.63, 3.8) is 0 Å². The van der Waals surface area contributed by atoms with Crippen LogP contribution in [0.25, 0.3) is 17.0 Å². The fourth-order valence-corrected chi connectivity index (χ4v) is 4.79. The molecule has 1 N–H and O–H groups in total. The van der Waals surface area contributed by atoms with Crippen LogP contribution in [0.1, 0.15) is 42.4 Å². The monoisotopic (exact) mass is 438 g/mol. The Morgan fingerprint density at radius 3 is 2.55 bits per heavy atom. The number of nitrogens with one attached hydrogen (secondary N) is 1. The summed E-state index contributed by atoms with van der Waals surface area (Å²) >= 11 is 0. The Balaban J connectivity index is 1.56. The third kappa shape index (κ3) is 3.70. The zero-order valence-corrected chi connectivity index (χ0v) is 18.0. The number of barbiturate groups is 1. The first-order valence-electron chi connectivity index (χ1n) is 11.0. The molecule has 0 radical (unpaired) electrons. The van der Waals surface area contributed by atoms with E-state index in [9.17, 15) is 19.6 Å². The van der Waals surface area contributed by atoms with Crippen LogP contribution in [0.5, 0.6) is 0 Å². The highest BCUT2D eigenvalue weighted by molar-refractivity contribution is 6.31. The molecule has 1 aliphatic carbocycles. The third-order valence-electron chi connectivity index (χ3n) is 6.42. The van der Waals surface area contributed by atoms with Crippen molar-refractivity contribution in [1.82, 2.24) is 14.8 Å². The molecule has 1 saturated heterocycles. The van der Waals surface area contributed by atoms with E-state index in [2.05, 4.69) is 11.4 Å². The Morgan fingerprint density at radius 2 is 1.76 bits per heavy atom. The standard InChI is InChI=1S/C26H22N4O3/c27-14-17-7-1-2-8-18(17)15-29-16-19(21-11-5-6-12-23(21)29)13-22-24(31)28-26(33)30(25(22)32)20-9-3-4-10-20/h1-2,5-8,11-13,16,20H,3-4,9-10,15H2,(H,28,31,33)/b22-13-. The molecule has 0 unspecified atom stereocenters. The first-order chi connectivity index (χ1) is 16.1. The van der Waals surface area contributed by atoms with Gasteiger partial charge in [-0.2, -0.15) is 5.26 Å². The Labute approximate surface area is 190 Å². The van der Waals surface area contributed by atoms with Gasteiger partial charge in [-0.1, -0.05) is 49.2 Å². The number of rotatable bonds is 4. The summed E-state index contributed by atoms with van der Waals surface area (Å²) in [7, 11) is 0. The minimum Gasteiger partial charge on any atom is -0.342 e. The summed E-state index contributed by atoms with van der Waals surface area (Å²) in [5.41, 5.74) is 3.07. The highest BCUT2D eigenvalue weighted by Gasteiger charge is 2.40. The minimum absolute atomic E-state index is 0.0400. The fraction of sp³-hybridized carbons (Fsp3) is 0.231. The number of fused-ring (bicyclic) bond motifs is 1. The van der Waals surface area contributed by atoms with E-state index in [-0.39, 0.29) is 11.6 Å². The average Bonchev–Trinajstić information content (AvgIpc) is 3.46. The van der Waals surface area contributed by atoms with Crippen molar-refractivity contribution in [3.05, 3.63) is 77.0 Å². The topological polar surface area (TPSA) is 95.2 Å². The maximum Gasteiger partial charge on any atom is 0.331 e. The molecule has 2 fully saturated rings.